The standard InChI is InChI=1S/C27H37N7O3/c28-25(35)24-26(32-23(16-29-24)34-13-3-4-21(17-34)31-27(36)37)30-20-9-7-18(8-10-20)19-11-14-33(15-12-19)22-5-1-2-6-22/h7-10,16,19,21-22,31H,1-6,11-15,17H2,(H2,28,35)(H,30,32)(H,36,37). The molecule has 0 bridgehead atoms. The maximum absolute atomic E-state index is 12.0. The van der Waals surface area contributed by atoms with Gasteiger partial charge in [-0.2, -0.15) is 0 Å². The monoisotopic (exact) mass is 507 g/mol. The fraction of sp³-hybridized carbons (Fsp3) is 0.556. The van der Waals surface area contributed by atoms with E-state index in [0.29, 0.717) is 24.1 Å². The third-order valence-electron chi connectivity index (χ3n) is 8.08. The van der Waals surface area contributed by atoms with Gasteiger partial charge in [0.15, 0.2) is 11.5 Å². The minimum absolute atomic E-state index is 0.0735. The zero-order valence-corrected chi connectivity index (χ0v) is 21.2. The SMILES string of the molecule is NC(=O)c1ncc(N2CCCC(NC(=O)O)C2)nc1Nc1ccc(C2CCN(C3CCCC3)CC2)cc1. The third kappa shape index (κ3) is 6.12. The Kier molecular flexibility index (Phi) is 7.73. The lowest BCUT2D eigenvalue weighted by Crippen LogP contribution is -2.47. The highest BCUT2D eigenvalue weighted by Gasteiger charge is 2.28. The average molecular weight is 508 g/mol. The molecule has 198 valence electrons. The summed E-state index contributed by atoms with van der Waals surface area (Å²) in [6, 6.07) is 8.97. The molecule has 3 aliphatic rings. The van der Waals surface area contributed by atoms with E-state index in [2.05, 4.69) is 37.6 Å². The number of nitrogens with one attached hydrogen (secondary N) is 2. The van der Waals surface area contributed by atoms with Crippen LogP contribution in [0.25, 0.3) is 0 Å². The molecular weight excluding hydrogens is 470 g/mol. The van der Waals surface area contributed by atoms with Gasteiger partial charge in [-0.05, 0) is 75.2 Å². The van der Waals surface area contributed by atoms with Crippen molar-refractivity contribution < 1.29 is 14.7 Å². The highest BCUT2D eigenvalue weighted by Crippen LogP contribution is 2.33. The number of piperidine rings is 2. The molecule has 2 aromatic rings. The van der Waals surface area contributed by atoms with Crippen LogP contribution in [0.1, 0.15) is 73.3 Å². The number of carboxylic acid groups (broad SMARTS) is 1. The van der Waals surface area contributed by atoms with E-state index in [-0.39, 0.29) is 11.7 Å². The summed E-state index contributed by atoms with van der Waals surface area (Å²) < 4.78 is 0. The van der Waals surface area contributed by atoms with E-state index in [4.69, 9.17) is 10.8 Å². The number of nitrogens with two attached hydrogens (primary N) is 1. The molecule has 1 saturated carbocycles. The lowest BCUT2D eigenvalue weighted by molar-refractivity contribution is 0.0996. The van der Waals surface area contributed by atoms with Crippen molar-refractivity contribution in [1.29, 1.82) is 0 Å². The Morgan fingerprint density at radius 2 is 1.70 bits per heavy atom. The number of benzene rings is 1. The summed E-state index contributed by atoms with van der Waals surface area (Å²) in [7, 11) is 0. The maximum atomic E-state index is 12.0. The summed E-state index contributed by atoms with van der Waals surface area (Å²) in [6.45, 7) is 3.58. The molecule has 37 heavy (non-hydrogen) atoms. The Balaban J connectivity index is 1.25. The van der Waals surface area contributed by atoms with Gasteiger partial charge in [0.25, 0.3) is 5.91 Å². The Morgan fingerprint density at radius 1 is 0.973 bits per heavy atom. The number of aromatic nitrogens is 2. The van der Waals surface area contributed by atoms with Crippen LogP contribution < -0.4 is 21.3 Å². The molecule has 1 aromatic carbocycles. The molecular formula is C27H37N7O3. The summed E-state index contributed by atoms with van der Waals surface area (Å²) in [4.78, 5) is 36.7. The zero-order chi connectivity index (χ0) is 25.8. The van der Waals surface area contributed by atoms with Crippen molar-refractivity contribution in [3.63, 3.8) is 0 Å². The van der Waals surface area contributed by atoms with Gasteiger partial charge in [-0.25, -0.2) is 14.8 Å². The molecule has 0 spiro atoms. The lowest BCUT2D eigenvalue weighted by Gasteiger charge is -2.36. The van der Waals surface area contributed by atoms with Crippen LogP contribution in [0.2, 0.25) is 0 Å². The number of likely N-dealkylation sites (tertiary alicyclic amines) is 1. The summed E-state index contributed by atoms with van der Waals surface area (Å²) in [6.07, 6.45) is 9.95. The first-order valence-corrected chi connectivity index (χ1v) is 13.5. The second-order valence-electron chi connectivity index (χ2n) is 10.5. The first kappa shape index (κ1) is 25.3. The number of rotatable bonds is 7. The maximum Gasteiger partial charge on any atom is 0.404 e. The van der Waals surface area contributed by atoms with Crippen LogP contribution in [0.3, 0.4) is 0 Å². The molecule has 5 rings (SSSR count). The van der Waals surface area contributed by atoms with Gasteiger partial charge in [0.2, 0.25) is 0 Å². The predicted octanol–water partition coefficient (Wildman–Crippen LogP) is 3.68. The lowest BCUT2D eigenvalue weighted by atomic mass is 9.88. The molecule has 2 aliphatic heterocycles. The molecule has 10 nitrogen and oxygen atoms in total. The number of hydrogen-bond acceptors (Lipinski definition) is 7. The van der Waals surface area contributed by atoms with Gasteiger partial charge < -0.3 is 31.3 Å². The van der Waals surface area contributed by atoms with Crippen LogP contribution in [-0.4, -0.2) is 70.2 Å². The van der Waals surface area contributed by atoms with Crippen LogP contribution in [0.15, 0.2) is 30.5 Å². The molecule has 2 saturated heterocycles. The topological polar surface area (TPSA) is 137 Å². The van der Waals surface area contributed by atoms with Crippen LogP contribution in [0, 0.1) is 0 Å². The van der Waals surface area contributed by atoms with E-state index in [0.717, 1.165) is 31.1 Å². The number of carbonyl (C=O) groups excluding carboxylic acids is 1. The summed E-state index contributed by atoms with van der Waals surface area (Å²) in [5.74, 6) is 0.796. The summed E-state index contributed by atoms with van der Waals surface area (Å²) >= 11 is 0. The van der Waals surface area contributed by atoms with Crippen LogP contribution >= 0.6 is 0 Å². The van der Waals surface area contributed by atoms with Gasteiger partial charge in [0.05, 0.1) is 6.20 Å². The fourth-order valence-corrected chi connectivity index (χ4v) is 6.12. The van der Waals surface area contributed by atoms with Crippen LogP contribution in [0.5, 0.6) is 0 Å². The van der Waals surface area contributed by atoms with Crippen LogP contribution in [-0.2, 0) is 0 Å². The number of hydrogen-bond donors (Lipinski definition) is 4. The molecule has 2 amide bonds. The summed E-state index contributed by atoms with van der Waals surface area (Å²) in [5.41, 5.74) is 7.81. The Labute approximate surface area is 217 Å². The quantitative estimate of drug-likeness (QED) is 0.446. The van der Waals surface area contributed by atoms with Crippen molar-refractivity contribution in [1.82, 2.24) is 20.2 Å². The second-order valence-corrected chi connectivity index (χ2v) is 10.5. The van der Waals surface area contributed by atoms with E-state index >= 15 is 0 Å². The van der Waals surface area contributed by atoms with Gasteiger partial charge in [0, 0.05) is 30.9 Å². The van der Waals surface area contributed by atoms with Crippen molar-refractivity contribution in [3.05, 3.63) is 41.7 Å². The molecule has 0 radical (unpaired) electrons. The number of nitrogens with zero attached hydrogens (tertiary/aromatic N) is 4. The average Bonchev–Trinajstić information content (AvgIpc) is 3.44. The molecule has 1 unspecified atom stereocenters. The van der Waals surface area contributed by atoms with E-state index in [1.807, 2.05) is 17.0 Å². The highest BCUT2D eigenvalue weighted by molar-refractivity contribution is 5.96. The minimum Gasteiger partial charge on any atom is -0.465 e. The largest absolute Gasteiger partial charge is 0.465 e. The van der Waals surface area contributed by atoms with E-state index < -0.39 is 12.0 Å². The van der Waals surface area contributed by atoms with Gasteiger partial charge in [0.1, 0.15) is 5.82 Å². The van der Waals surface area contributed by atoms with Crippen molar-refractivity contribution in [3.8, 4) is 0 Å². The number of anilines is 3. The predicted molar refractivity (Wildman–Crippen MR) is 142 cm³/mol. The highest BCUT2D eigenvalue weighted by atomic mass is 16.4. The van der Waals surface area contributed by atoms with Crippen molar-refractivity contribution in [2.75, 3.05) is 36.4 Å². The number of carbonyl (C=O) groups is 2. The molecule has 3 heterocycles. The number of primary amides is 1. The van der Waals surface area contributed by atoms with Crippen molar-refractivity contribution in [2.24, 2.45) is 5.73 Å². The molecule has 5 N–H and O–H groups in total. The zero-order valence-electron chi connectivity index (χ0n) is 21.2. The van der Waals surface area contributed by atoms with Crippen molar-refractivity contribution >= 4 is 29.3 Å². The van der Waals surface area contributed by atoms with Crippen molar-refractivity contribution in [2.45, 2.75) is 69.4 Å². The molecule has 3 fully saturated rings. The first-order chi connectivity index (χ1) is 18.0. The minimum atomic E-state index is -1.04. The molecule has 10 heteroatoms. The number of amides is 2. The van der Waals surface area contributed by atoms with Gasteiger partial charge in [-0.15, -0.1) is 0 Å². The fourth-order valence-electron chi connectivity index (χ4n) is 6.12. The Hall–Kier alpha value is -3.40. The van der Waals surface area contributed by atoms with Gasteiger partial charge >= 0.3 is 6.09 Å². The molecule has 1 atom stereocenters. The third-order valence-corrected chi connectivity index (χ3v) is 8.08. The summed E-state index contributed by atoms with van der Waals surface area (Å²) in [5, 5.41) is 14.8. The first-order valence-electron chi connectivity index (χ1n) is 13.5. The van der Waals surface area contributed by atoms with E-state index in [1.54, 1.807) is 0 Å². The van der Waals surface area contributed by atoms with Gasteiger partial charge in [-0.3, -0.25) is 4.79 Å². The smallest absolute Gasteiger partial charge is 0.404 e. The van der Waals surface area contributed by atoms with E-state index in [1.165, 1.54) is 63.4 Å². The van der Waals surface area contributed by atoms with E-state index in [9.17, 15) is 9.59 Å². The van der Waals surface area contributed by atoms with Crippen LogP contribution in [0.4, 0.5) is 22.1 Å². The Morgan fingerprint density at radius 3 is 2.38 bits per heavy atom. The molecule has 1 aromatic heterocycles. The second kappa shape index (κ2) is 11.3. The normalized spacial score (nSPS) is 21.6. The molecule has 1 aliphatic carbocycles. The van der Waals surface area contributed by atoms with Gasteiger partial charge in [-0.1, -0.05) is 25.0 Å². The Bertz CT molecular complexity index is 1100.